The van der Waals surface area contributed by atoms with Gasteiger partial charge in [0, 0.05) is 11.3 Å². The van der Waals surface area contributed by atoms with E-state index in [4.69, 9.17) is 15.1 Å². The van der Waals surface area contributed by atoms with Crippen molar-refractivity contribution in [2.75, 3.05) is 13.2 Å². The summed E-state index contributed by atoms with van der Waals surface area (Å²) in [6, 6.07) is 3.83. The molecule has 0 bridgehead atoms. The lowest BCUT2D eigenvalue weighted by atomic mass is 10.1. The summed E-state index contributed by atoms with van der Waals surface area (Å²) in [5.74, 6) is -0.345. The Morgan fingerprint density at radius 1 is 1.35 bits per heavy atom. The summed E-state index contributed by atoms with van der Waals surface area (Å²) in [7, 11) is 0. The molecule has 3 atom stereocenters. The van der Waals surface area contributed by atoms with E-state index in [9.17, 15) is 15.0 Å². The Hall–Kier alpha value is -1.03. The molecule has 1 rings (SSSR count). The van der Waals surface area contributed by atoms with Crippen molar-refractivity contribution in [1.29, 1.82) is 0 Å². The van der Waals surface area contributed by atoms with Crippen molar-refractivity contribution in [3.63, 3.8) is 0 Å². The van der Waals surface area contributed by atoms with E-state index in [0.717, 1.165) is 4.88 Å². The summed E-state index contributed by atoms with van der Waals surface area (Å²) in [5.41, 5.74) is 2.14. The molecule has 114 valence electrons. The molecule has 0 saturated carbocycles. The number of aryl methyl sites for hydroxylation is 1. The van der Waals surface area contributed by atoms with Crippen LogP contribution in [-0.2, 0) is 16.1 Å². The zero-order chi connectivity index (χ0) is 15.0. The summed E-state index contributed by atoms with van der Waals surface area (Å²) in [4.78, 5) is 17.2. The number of aliphatic hydroxyl groups excluding tert-OH is 4. The van der Waals surface area contributed by atoms with Gasteiger partial charge in [0.25, 0.3) is 0 Å². The van der Waals surface area contributed by atoms with Gasteiger partial charge in [-0.05, 0) is 17.9 Å². The van der Waals surface area contributed by atoms with E-state index in [-0.39, 0.29) is 18.9 Å². The van der Waals surface area contributed by atoms with Crippen LogP contribution in [-0.4, -0.2) is 57.9 Å². The van der Waals surface area contributed by atoms with E-state index < -0.39 is 24.9 Å². The van der Waals surface area contributed by atoms with Crippen molar-refractivity contribution in [3.05, 3.63) is 22.4 Å². The average Bonchev–Trinajstić information content (AvgIpc) is 2.96. The molecule has 1 aromatic heterocycles. The number of nitrogens with one attached hydrogen (secondary N) is 1. The second-order valence-electron chi connectivity index (χ2n) is 4.22. The van der Waals surface area contributed by atoms with Crippen molar-refractivity contribution in [1.82, 2.24) is 5.48 Å². The van der Waals surface area contributed by atoms with Crippen LogP contribution in [0.4, 0.5) is 0 Å². The Kier molecular flexibility index (Phi) is 7.67. The van der Waals surface area contributed by atoms with Gasteiger partial charge >= 0.3 is 0 Å². The van der Waals surface area contributed by atoms with E-state index in [2.05, 4.69) is 5.48 Å². The van der Waals surface area contributed by atoms with Crippen LogP contribution in [0.1, 0.15) is 11.3 Å². The highest BCUT2D eigenvalue weighted by Crippen LogP contribution is 2.10. The van der Waals surface area contributed by atoms with Gasteiger partial charge < -0.3 is 20.4 Å². The standard InChI is InChI=1S/C12H19NO6S/c14-6-9(15)12(18)10(16)7-19-13-11(17)4-3-8-2-1-5-20-8/h1-2,5,9-10,12,14-16,18H,3-4,6-7H2,(H,13,17)/t9-,10?,12-/m0/s1. The smallest absolute Gasteiger partial charge is 0.243 e. The van der Waals surface area contributed by atoms with Gasteiger partial charge in [0.15, 0.2) is 0 Å². The number of thiophene rings is 1. The predicted octanol–water partition coefficient (Wildman–Crippen LogP) is -1.20. The molecule has 1 heterocycles. The number of amides is 1. The Balaban J connectivity index is 2.15. The van der Waals surface area contributed by atoms with Crippen LogP contribution in [0.15, 0.2) is 17.5 Å². The molecule has 0 aliphatic heterocycles. The van der Waals surface area contributed by atoms with Crippen molar-refractivity contribution in [2.45, 2.75) is 31.2 Å². The topological polar surface area (TPSA) is 119 Å². The summed E-state index contributed by atoms with van der Waals surface area (Å²) in [6.45, 7) is -1.06. The fourth-order valence-corrected chi connectivity index (χ4v) is 2.12. The Morgan fingerprint density at radius 3 is 2.70 bits per heavy atom. The monoisotopic (exact) mass is 305 g/mol. The van der Waals surface area contributed by atoms with Crippen molar-refractivity contribution < 1.29 is 30.1 Å². The molecule has 0 radical (unpaired) electrons. The lowest BCUT2D eigenvalue weighted by molar-refractivity contribution is -0.143. The number of hydroxylamine groups is 1. The van der Waals surface area contributed by atoms with Gasteiger partial charge in [-0.2, -0.15) is 0 Å². The first kappa shape index (κ1) is 17.0. The van der Waals surface area contributed by atoms with Crippen LogP contribution >= 0.6 is 11.3 Å². The highest BCUT2D eigenvalue weighted by molar-refractivity contribution is 7.09. The molecule has 8 heteroatoms. The van der Waals surface area contributed by atoms with Gasteiger partial charge in [0.05, 0.1) is 6.61 Å². The fourth-order valence-electron chi connectivity index (χ4n) is 1.41. The molecule has 0 saturated heterocycles. The first-order valence-electron chi connectivity index (χ1n) is 6.12. The number of hydrogen-bond donors (Lipinski definition) is 5. The molecule has 0 aliphatic carbocycles. The zero-order valence-corrected chi connectivity index (χ0v) is 11.6. The van der Waals surface area contributed by atoms with Crippen LogP contribution < -0.4 is 5.48 Å². The maximum absolute atomic E-state index is 11.4. The van der Waals surface area contributed by atoms with E-state index in [1.807, 2.05) is 17.5 Å². The molecular formula is C12H19NO6S. The fraction of sp³-hybridized carbons (Fsp3) is 0.583. The Morgan fingerprint density at radius 2 is 2.10 bits per heavy atom. The highest BCUT2D eigenvalue weighted by atomic mass is 32.1. The number of rotatable bonds is 9. The van der Waals surface area contributed by atoms with Crippen LogP contribution in [0.2, 0.25) is 0 Å². The lowest BCUT2D eigenvalue weighted by Gasteiger charge is -2.21. The maximum Gasteiger partial charge on any atom is 0.243 e. The van der Waals surface area contributed by atoms with Crippen LogP contribution in [0.3, 0.4) is 0 Å². The average molecular weight is 305 g/mol. The molecule has 0 aromatic carbocycles. The van der Waals surface area contributed by atoms with Crippen molar-refractivity contribution in [2.24, 2.45) is 0 Å². The van der Waals surface area contributed by atoms with Crippen LogP contribution in [0, 0.1) is 0 Å². The molecule has 0 spiro atoms. The van der Waals surface area contributed by atoms with E-state index in [1.165, 1.54) is 0 Å². The minimum Gasteiger partial charge on any atom is -0.394 e. The number of carbonyl (C=O) groups is 1. The second kappa shape index (κ2) is 9.01. The van der Waals surface area contributed by atoms with E-state index in [1.54, 1.807) is 11.3 Å². The van der Waals surface area contributed by atoms with Gasteiger partial charge in [-0.3, -0.25) is 9.63 Å². The highest BCUT2D eigenvalue weighted by Gasteiger charge is 2.24. The third-order valence-corrected chi connectivity index (χ3v) is 3.53. The van der Waals surface area contributed by atoms with E-state index >= 15 is 0 Å². The lowest BCUT2D eigenvalue weighted by Crippen LogP contribution is -2.43. The second-order valence-corrected chi connectivity index (χ2v) is 5.26. The quantitative estimate of drug-likeness (QED) is 0.366. The molecule has 20 heavy (non-hydrogen) atoms. The molecular weight excluding hydrogens is 286 g/mol. The molecule has 5 N–H and O–H groups in total. The zero-order valence-electron chi connectivity index (χ0n) is 10.8. The normalized spacial score (nSPS) is 15.6. The minimum absolute atomic E-state index is 0.248. The van der Waals surface area contributed by atoms with Gasteiger partial charge in [-0.25, -0.2) is 5.48 Å². The molecule has 7 nitrogen and oxygen atoms in total. The molecule has 1 unspecified atom stereocenters. The Labute approximate surface area is 120 Å². The van der Waals surface area contributed by atoms with Crippen molar-refractivity contribution in [3.8, 4) is 0 Å². The summed E-state index contributed by atoms with van der Waals surface area (Å²) < 4.78 is 0. The summed E-state index contributed by atoms with van der Waals surface area (Å²) in [5, 5.41) is 38.4. The van der Waals surface area contributed by atoms with Gasteiger partial charge in [0.2, 0.25) is 5.91 Å². The maximum atomic E-state index is 11.4. The molecule has 1 amide bonds. The molecule has 0 aliphatic rings. The van der Waals surface area contributed by atoms with Crippen molar-refractivity contribution >= 4 is 17.2 Å². The first-order chi connectivity index (χ1) is 9.54. The third kappa shape index (κ3) is 5.95. The van der Waals surface area contributed by atoms with Gasteiger partial charge in [0.1, 0.15) is 24.9 Å². The summed E-state index contributed by atoms with van der Waals surface area (Å²) >= 11 is 1.56. The Bertz CT molecular complexity index is 385. The van der Waals surface area contributed by atoms with Gasteiger partial charge in [-0.15, -0.1) is 11.3 Å². The number of hydrogen-bond acceptors (Lipinski definition) is 7. The van der Waals surface area contributed by atoms with E-state index in [0.29, 0.717) is 6.42 Å². The predicted molar refractivity (Wildman–Crippen MR) is 71.8 cm³/mol. The SMILES string of the molecule is O=C(CCc1cccs1)NOCC(O)[C@@H](O)[C@@H](O)CO. The number of carbonyl (C=O) groups excluding carboxylic acids is 1. The third-order valence-electron chi connectivity index (χ3n) is 2.59. The largest absolute Gasteiger partial charge is 0.394 e. The first-order valence-corrected chi connectivity index (χ1v) is 7.00. The number of aliphatic hydroxyl groups is 4. The van der Waals surface area contributed by atoms with Crippen LogP contribution in [0.25, 0.3) is 0 Å². The molecule has 1 aromatic rings. The van der Waals surface area contributed by atoms with Gasteiger partial charge in [-0.1, -0.05) is 6.07 Å². The minimum atomic E-state index is -1.54. The molecule has 0 fully saturated rings. The van der Waals surface area contributed by atoms with Crippen LogP contribution in [0.5, 0.6) is 0 Å². The summed E-state index contributed by atoms with van der Waals surface area (Å²) in [6.07, 6.45) is -3.56.